The molecule has 1 aromatic carbocycles. The lowest BCUT2D eigenvalue weighted by Gasteiger charge is -2.38. The van der Waals surface area contributed by atoms with Gasteiger partial charge in [0.25, 0.3) is 0 Å². The van der Waals surface area contributed by atoms with Crippen LogP contribution in [0.1, 0.15) is 58.4 Å². The zero-order valence-corrected chi connectivity index (χ0v) is 16.1. The summed E-state index contributed by atoms with van der Waals surface area (Å²) in [7, 11) is 1.60. The van der Waals surface area contributed by atoms with Crippen molar-refractivity contribution in [3.8, 4) is 11.5 Å². The second kappa shape index (κ2) is 6.78. The van der Waals surface area contributed by atoms with Gasteiger partial charge in [-0.1, -0.05) is 26.0 Å². The van der Waals surface area contributed by atoms with Crippen LogP contribution < -0.4 is 14.8 Å². The number of ether oxygens (including phenoxy) is 2. The molecule has 1 aromatic rings. The minimum atomic E-state index is -0.300. The van der Waals surface area contributed by atoms with E-state index in [1.54, 1.807) is 7.11 Å². The van der Waals surface area contributed by atoms with Crippen molar-refractivity contribution in [1.82, 2.24) is 5.32 Å². The SMILES string of the molecule is COc1cccc([C@H]2CC(=O)NC3=C2C(=O)CC(C)(C)C3)c1OC(C)C. The zero-order valence-electron chi connectivity index (χ0n) is 16.1. The Labute approximate surface area is 154 Å². The molecule has 0 unspecified atom stereocenters. The van der Waals surface area contributed by atoms with Gasteiger partial charge in [-0.25, -0.2) is 0 Å². The summed E-state index contributed by atoms with van der Waals surface area (Å²) in [6.07, 6.45) is 1.38. The molecule has 0 saturated carbocycles. The van der Waals surface area contributed by atoms with Crippen LogP contribution in [0.2, 0.25) is 0 Å². The third-order valence-corrected chi connectivity index (χ3v) is 4.91. The third kappa shape index (κ3) is 3.48. The molecule has 0 spiro atoms. The second-order valence-corrected chi connectivity index (χ2v) is 8.18. The van der Waals surface area contributed by atoms with Crippen LogP contribution in [0.5, 0.6) is 11.5 Å². The molecule has 1 atom stereocenters. The van der Waals surface area contributed by atoms with Crippen molar-refractivity contribution in [2.75, 3.05) is 7.11 Å². The highest BCUT2D eigenvalue weighted by Gasteiger charge is 2.41. The fraction of sp³-hybridized carbons (Fsp3) is 0.524. The predicted molar refractivity (Wildman–Crippen MR) is 99.3 cm³/mol. The molecule has 2 aliphatic rings. The maximum atomic E-state index is 12.9. The normalized spacial score (nSPS) is 22.2. The first-order chi connectivity index (χ1) is 12.2. The molecule has 5 nitrogen and oxygen atoms in total. The average Bonchev–Trinajstić information content (AvgIpc) is 2.52. The first kappa shape index (κ1) is 18.5. The Kier molecular flexibility index (Phi) is 4.82. The highest BCUT2D eigenvalue weighted by Crippen LogP contribution is 2.47. The Hall–Kier alpha value is -2.30. The summed E-state index contributed by atoms with van der Waals surface area (Å²) in [4.78, 5) is 25.3. The fourth-order valence-corrected chi connectivity index (χ4v) is 3.95. The van der Waals surface area contributed by atoms with E-state index in [2.05, 4.69) is 19.2 Å². The summed E-state index contributed by atoms with van der Waals surface area (Å²) in [5, 5.41) is 2.94. The van der Waals surface area contributed by atoms with Crippen LogP contribution in [0, 0.1) is 5.41 Å². The monoisotopic (exact) mass is 357 g/mol. The standard InChI is InChI=1S/C21H27NO4/c1-12(2)26-20-13(7-6-8-17(20)25-5)14-9-18(24)22-15-10-21(3,4)11-16(23)19(14)15/h6-8,12,14H,9-11H2,1-5H3,(H,22,24)/t14-/m1/s1. The van der Waals surface area contributed by atoms with E-state index in [0.29, 0.717) is 24.3 Å². The summed E-state index contributed by atoms with van der Waals surface area (Å²) in [5.41, 5.74) is 2.20. The van der Waals surface area contributed by atoms with Crippen molar-refractivity contribution in [3.63, 3.8) is 0 Å². The topological polar surface area (TPSA) is 64.6 Å². The van der Waals surface area contributed by atoms with Gasteiger partial charge in [-0.05, 0) is 31.7 Å². The van der Waals surface area contributed by atoms with Crippen LogP contribution in [-0.4, -0.2) is 24.9 Å². The van der Waals surface area contributed by atoms with Crippen LogP contribution in [-0.2, 0) is 9.59 Å². The van der Waals surface area contributed by atoms with Gasteiger partial charge >= 0.3 is 0 Å². The zero-order chi connectivity index (χ0) is 19.1. The average molecular weight is 357 g/mol. The number of allylic oxidation sites excluding steroid dienone is 2. The quantitative estimate of drug-likeness (QED) is 0.892. The lowest BCUT2D eigenvalue weighted by Crippen LogP contribution is -2.40. The number of Topliss-reactive ketones (excluding diaryl/α,β-unsaturated/α-hetero) is 1. The van der Waals surface area contributed by atoms with E-state index in [4.69, 9.17) is 9.47 Å². The van der Waals surface area contributed by atoms with Crippen molar-refractivity contribution in [2.45, 2.75) is 59.0 Å². The molecule has 1 amide bonds. The van der Waals surface area contributed by atoms with Gasteiger partial charge in [0.15, 0.2) is 17.3 Å². The minimum Gasteiger partial charge on any atom is -0.493 e. The van der Waals surface area contributed by atoms with E-state index in [1.165, 1.54) is 0 Å². The molecule has 1 heterocycles. The Bertz CT molecular complexity index is 776. The van der Waals surface area contributed by atoms with Crippen LogP contribution in [0.15, 0.2) is 29.5 Å². The number of hydrogen-bond acceptors (Lipinski definition) is 4. The number of benzene rings is 1. The van der Waals surface area contributed by atoms with Crippen LogP contribution in [0.3, 0.4) is 0 Å². The summed E-state index contributed by atoms with van der Waals surface area (Å²) < 4.78 is 11.5. The van der Waals surface area contributed by atoms with Crippen LogP contribution in [0.25, 0.3) is 0 Å². The molecule has 1 N–H and O–H groups in total. The molecule has 5 heteroatoms. The highest BCUT2D eigenvalue weighted by molar-refractivity contribution is 6.02. The second-order valence-electron chi connectivity index (χ2n) is 8.18. The Morgan fingerprint density at radius 1 is 1.19 bits per heavy atom. The van der Waals surface area contributed by atoms with Gasteiger partial charge in [0.2, 0.25) is 5.91 Å². The number of para-hydroxylation sites is 1. The molecule has 0 fully saturated rings. The number of hydrogen-bond donors (Lipinski definition) is 1. The Morgan fingerprint density at radius 3 is 2.58 bits per heavy atom. The molecule has 0 bridgehead atoms. The maximum absolute atomic E-state index is 12.9. The van der Waals surface area contributed by atoms with E-state index in [9.17, 15) is 9.59 Å². The van der Waals surface area contributed by atoms with Crippen LogP contribution >= 0.6 is 0 Å². The lowest BCUT2D eigenvalue weighted by molar-refractivity contribution is -0.122. The molecular weight excluding hydrogens is 330 g/mol. The number of carbonyl (C=O) groups is 2. The predicted octanol–water partition coefficient (Wildman–Crippen LogP) is 3.73. The number of rotatable bonds is 4. The summed E-state index contributed by atoms with van der Waals surface area (Å²) in [5.74, 6) is 0.991. The number of nitrogens with one attached hydrogen (secondary N) is 1. The van der Waals surface area contributed by atoms with Crippen molar-refractivity contribution in [3.05, 3.63) is 35.0 Å². The number of carbonyl (C=O) groups excluding carboxylic acids is 2. The van der Waals surface area contributed by atoms with Gasteiger partial charge in [-0.15, -0.1) is 0 Å². The Morgan fingerprint density at radius 2 is 1.92 bits per heavy atom. The molecule has 0 saturated heterocycles. The number of ketones is 1. The molecule has 1 aliphatic carbocycles. The van der Waals surface area contributed by atoms with E-state index < -0.39 is 0 Å². The molecule has 0 radical (unpaired) electrons. The summed E-state index contributed by atoms with van der Waals surface area (Å²) >= 11 is 0. The first-order valence-electron chi connectivity index (χ1n) is 9.11. The number of amides is 1. The van der Waals surface area contributed by atoms with Gasteiger partial charge in [0, 0.05) is 35.6 Å². The molecule has 0 aromatic heterocycles. The Balaban J connectivity index is 2.14. The maximum Gasteiger partial charge on any atom is 0.225 e. The van der Waals surface area contributed by atoms with Crippen molar-refractivity contribution >= 4 is 11.7 Å². The third-order valence-electron chi connectivity index (χ3n) is 4.91. The fourth-order valence-electron chi connectivity index (χ4n) is 3.95. The minimum absolute atomic E-state index is 0.0445. The van der Waals surface area contributed by atoms with Crippen molar-refractivity contribution in [2.24, 2.45) is 5.41 Å². The number of methoxy groups -OCH3 is 1. The molecule has 26 heavy (non-hydrogen) atoms. The molecule has 1 aliphatic heterocycles. The lowest BCUT2D eigenvalue weighted by atomic mass is 9.69. The van der Waals surface area contributed by atoms with Gasteiger partial charge in [-0.3, -0.25) is 9.59 Å². The van der Waals surface area contributed by atoms with E-state index in [1.807, 2.05) is 32.0 Å². The van der Waals surface area contributed by atoms with Crippen LogP contribution in [0.4, 0.5) is 0 Å². The summed E-state index contributed by atoms with van der Waals surface area (Å²) in [6.45, 7) is 8.01. The molecular formula is C21H27NO4. The molecule has 140 valence electrons. The first-order valence-corrected chi connectivity index (χ1v) is 9.11. The van der Waals surface area contributed by atoms with Gasteiger partial charge in [0.05, 0.1) is 13.2 Å². The summed E-state index contributed by atoms with van der Waals surface area (Å²) in [6, 6.07) is 5.65. The van der Waals surface area contributed by atoms with Gasteiger partial charge < -0.3 is 14.8 Å². The van der Waals surface area contributed by atoms with E-state index in [-0.39, 0.29) is 35.5 Å². The van der Waals surface area contributed by atoms with Gasteiger partial charge in [0.1, 0.15) is 0 Å². The van der Waals surface area contributed by atoms with Crippen molar-refractivity contribution in [1.29, 1.82) is 0 Å². The smallest absolute Gasteiger partial charge is 0.225 e. The van der Waals surface area contributed by atoms with Crippen molar-refractivity contribution < 1.29 is 19.1 Å². The highest BCUT2D eigenvalue weighted by atomic mass is 16.5. The van der Waals surface area contributed by atoms with E-state index >= 15 is 0 Å². The molecule has 3 rings (SSSR count). The van der Waals surface area contributed by atoms with E-state index in [0.717, 1.165) is 16.8 Å². The van der Waals surface area contributed by atoms with Gasteiger partial charge in [-0.2, -0.15) is 0 Å². The largest absolute Gasteiger partial charge is 0.493 e.